The number of rotatable bonds is 5. The van der Waals surface area contributed by atoms with Crippen molar-refractivity contribution in [3.8, 4) is 6.07 Å². The summed E-state index contributed by atoms with van der Waals surface area (Å²) in [6.45, 7) is -0.314. The lowest BCUT2D eigenvalue weighted by Gasteiger charge is -2.49. The summed E-state index contributed by atoms with van der Waals surface area (Å²) in [7, 11) is -3.54. The Morgan fingerprint density at radius 1 is 1.08 bits per heavy atom. The molecular weight excluding hydrogens is 348 g/mol. The van der Waals surface area contributed by atoms with Crippen LogP contribution in [0, 0.1) is 11.3 Å². The maximum atomic E-state index is 11.9. The third-order valence-electron chi connectivity index (χ3n) is 4.65. The molecular formula is C20H20N2O3S. The maximum Gasteiger partial charge on any atom is 0.212 e. The van der Waals surface area contributed by atoms with Gasteiger partial charge in [-0.15, -0.1) is 0 Å². The lowest BCUT2D eigenvalue weighted by atomic mass is 9.78. The zero-order valence-corrected chi connectivity index (χ0v) is 15.2. The minimum absolute atomic E-state index is 0.314. The SMILES string of the molecule is CS(=O)(=O)N1[C@H](CO)[C@H](c2ccc(/C=C/c3ccccc3)cc2)[C@@H]1C#N. The van der Waals surface area contributed by atoms with Gasteiger partial charge in [-0.2, -0.15) is 9.57 Å². The monoisotopic (exact) mass is 368 g/mol. The van der Waals surface area contributed by atoms with Crippen molar-refractivity contribution >= 4 is 22.2 Å². The highest BCUT2D eigenvalue weighted by Gasteiger charge is 2.53. The fourth-order valence-electron chi connectivity index (χ4n) is 3.41. The van der Waals surface area contributed by atoms with E-state index in [4.69, 9.17) is 0 Å². The summed E-state index contributed by atoms with van der Waals surface area (Å²) in [6.07, 6.45) is 5.07. The molecule has 1 saturated heterocycles. The lowest BCUT2D eigenvalue weighted by molar-refractivity contribution is 0.0564. The standard InChI is InChI=1S/C20H20N2O3S/c1-26(24,25)22-18(13-21)20(19(22)14-23)17-11-9-16(10-12-17)8-7-15-5-3-2-4-6-15/h2-12,18-20,23H,14H2,1H3/b8-7+/t18-,19+,20+/m0/s1. The van der Waals surface area contributed by atoms with Gasteiger partial charge in [0.2, 0.25) is 10.0 Å². The summed E-state index contributed by atoms with van der Waals surface area (Å²) in [5.41, 5.74) is 2.96. The highest BCUT2D eigenvalue weighted by molar-refractivity contribution is 7.88. The van der Waals surface area contributed by atoms with Crippen LogP contribution in [0.15, 0.2) is 54.6 Å². The van der Waals surface area contributed by atoms with E-state index >= 15 is 0 Å². The molecule has 2 aromatic carbocycles. The van der Waals surface area contributed by atoms with Crippen molar-refractivity contribution in [1.82, 2.24) is 4.31 Å². The van der Waals surface area contributed by atoms with E-state index in [1.165, 1.54) is 0 Å². The molecule has 2 aromatic rings. The molecule has 0 spiro atoms. The molecule has 1 aliphatic heterocycles. The van der Waals surface area contributed by atoms with Gasteiger partial charge in [0.25, 0.3) is 0 Å². The number of sulfonamides is 1. The van der Waals surface area contributed by atoms with Crippen LogP contribution >= 0.6 is 0 Å². The number of benzene rings is 2. The predicted molar refractivity (Wildman–Crippen MR) is 102 cm³/mol. The first-order valence-electron chi connectivity index (χ1n) is 8.28. The Hall–Kier alpha value is -2.46. The van der Waals surface area contributed by atoms with Crippen LogP contribution in [0.5, 0.6) is 0 Å². The second-order valence-corrected chi connectivity index (χ2v) is 8.24. The van der Waals surface area contributed by atoms with Gasteiger partial charge in [0, 0.05) is 5.92 Å². The molecule has 1 fully saturated rings. The van der Waals surface area contributed by atoms with E-state index in [1.807, 2.05) is 66.7 Å². The number of aliphatic hydroxyl groups is 1. The van der Waals surface area contributed by atoms with E-state index in [0.717, 1.165) is 27.3 Å². The Morgan fingerprint density at radius 2 is 1.65 bits per heavy atom. The Labute approximate surface area is 153 Å². The lowest BCUT2D eigenvalue weighted by Crippen LogP contribution is -2.64. The van der Waals surface area contributed by atoms with E-state index in [2.05, 4.69) is 6.07 Å². The van der Waals surface area contributed by atoms with E-state index in [9.17, 15) is 18.8 Å². The third-order valence-corrected chi connectivity index (χ3v) is 5.91. The van der Waals surface area contributed by atoms with Gasteiger partial charge < -0.3 is 5.11 Å². The van der Waals surface area contributed by atoms with Gasteiger partial charge in [0.05, 0.1) is 25.0 Å². The molecule has 1 N–H and O–H groups in total. The predicted octanol–water partition coefficient (Wildman–Crippen LogP) is 2.47. The van der Waals surface area contributed by atoms with Crippen LogP contribution < -0.4 is 0 Å². The zero-order valence-electron chi connectivity index (χ0n) is 14.4. The Bertz CT molecular complexity index is 931. The molecule has 0 radical (unpaired) electrons. The second kappa shape index (κ2) is 7.42. The van der Waals surface area contributed by atoms with E-state index in [-0.39, 0.29) is 12.5 Å². The molecule has 134 valence electrons. The van der Waals surface area contributed by atoms with Gasteiger partial charge in [0.15, 0.2) is 0 Å². The van der Waals surface area contributed by atoms with Crippen LogP contribution in [0.2, 0.25) is 0 Å². The number of nitriles is 1. The molecule has 0 saturated carbocycles. The molecule has 0 aromatic heterocycles. The number of aliphatic hydroxyl groups excluding tert-OH is 1. The minimum Gasteiger partial charge on any atom is -0.395 e. The van der Waals surface area contributed by atoms with Crippen molar-refractivity contribution in [2.24, 2.45) is 0 Å². The van der Waals surface area contributed by atoms with Gasteiger partial charge in [-0.1, -0.05) is 66.7 Å². The molecule has 26 heavy (non-hydrogen) atoms. The molecule has 0 unspecified atom stereocenters. The van der Waals surface area contributed by atoms with E-state index < -0.39 is 22.1 Å². The highest BCUT2D eigenvalue weighted by Crippen LogP contribution is 2.42. The molecule has 6 heteroatoms. The average Bonchev–Trinajstić information content (AvgIpc) is 2.60. The first kappa shape index (κ1) is 18.3. The summed E-state index contributed by atoms with van der Waals surface area (Å²) in [5, 5.41) is 19.0. The topological polar surface area (TPSA) is 81.4 Å². The van der Waals surface area contributed by atoms with Crippen molar-refractivity contribution in [3.05, 3.63) is 71.3 Å². The quantitative estimate of drug-likeness (QED) is 0.822. The van der Waals surface area contributed by atoms with Gasteiger partial charge in [-0.25, -0.2) is 8.42 Å². The van der Waals surface area contributed by atoms with Crippen LogP contribution in [0.1, 0.15) is 22.6 Å². The molecule has 0 amide bonds. The fourth-order valence-corrected chi connectivity index (χ4v) is 4.69. The van der Waals surface area contributed by atoms with Crippen LogP contribution in [0.3, 0.4) is 0 Å². The van der Waals surface area contributed by atoms with Crippen molar-refractivity contribution in [2.45, 2.75) is 18.0 Å². The van der Waals surface area contributed by atoms with Crippen LogP contribution in [0.25, 0.3) is 12.2 Å². The van der Waals surface area contributed by atoms with Crippen molar-refractivity contribution in [1.29, 1.82) is 5.26 Å². The second-order valence-electron chi connectivity index (χ2n) is 6.35. The summed E-state index contributed by atoms with van der Waals surface area (Å²) < 4.78 is 24.8. The van der Waals surface area contributed by atoms with Gasteiger partial charge in [-0.3, -0.25) is 0 Å². The Kier molecular flexibility index (Phi) is 5.23. The van der Waals surface area contributed by atoms with Gasteiger partial charge in [-0.05, 0) is 16.7 Å². The van der Waals surface area contributed by atoms with Gasteiger partial charge in [0.1, 0.15) is 6.04 Å². The molecule has 0 aliphatic carbocycles. The summed E-state index contributed by atoms with van der Waals surface area (Å²) >= 11 is 0. The average molecular weight is 368 g/mol. The zero-order chi connectivity index (χ0) is 18.7. The van der Waals surface area contributed by atoms with Crippen LogP contribution in [-0.2, 0) is 10.0 Å². The largest absolute Gasteiger partial charge is 0.395 e. The minimum atomic E-state index is -3.54. The normalized spacial score (nSPS) is 23.5. The van der Waals surface area contributed by atoms with Gasteiger partial charge >= 0.3 is 0 Å². The molecule has 0 bridgehead atoms. The number of nitrogens with zero attached hydrogens (tertiary/aromatic N) is 2. The maximum absolute atomic E-state index is 11.9. The first-order chi connectivity index (χ1) is 12.5. The van der Waals surface area contributed by atoms with Crippen LogP contribution in [0.4, 0.5) is 0 Å². The highest BCUT2D eigenvalue weighted by atomic mass is 32.2. The smallest absolute Gasteiger partial charge is 0.212 e. The Morgan fingerprint density at radius 3 is 2.15 bits per heavy atom. The van der Waals surface area contributed by atoms with Crippen molar-refractivity contribution in [2.75, 3.05) is 12.9 Å². The Balaban J connectivity index is 1.80. The number of hydrogen-bond acceptors (Lipinski definition) is 4. The first-order valence-corrected chi connectivity index (χ1v) is 10.1. The summed E-state index contributed by atoms with van der Waals surface area (Å²) in [6, 6.07) is 18.3. The third kappa shape index (κ3) is 3.56. The van der Waals surface area contributed by atoms with E-state index in [0.29, 0.717) is 0 Å². The summed E-state index contributed by atoms with van der Waals surface area (Å²) in [5.74, 6) is -0.327. The van der Waals surface area contributed by atoms with Crippen LogP contribution in [-0.4, -0.2) is 42.8 Å². The number of hydrogen-bond donors (Lipinski definition) is 1. The van der Waals surface area contributed by atoms with E-state index in [1.54, 1.807) is 0 Å². The molecule has 3 rings (SSSR count). The molecule has 3 atom stereocenters. The van der Waals surface area contributed by atoms with Crippen molar-refractivity contribution in [3.63, 3.8) is 0 Å². The van der Waals surface area contributed by atoms with Crippen molar-refractivity contribution < 1.29 is 13.5 Å². The fraction of sp³-hybridized carbons (Fsp3) is 0.250. The molecule has 5 nitrogen and oxygen atoms in total. The summed E-state index contributed by atoms with van der Waals surface area (Å²) in [4.78, 5) is 0. The molecule has 1 aliphatic rings. The molecule has 1 heterocycles.